The first-order valence-electron chi connectivity index (χ1n) is 11.2. The van der Waals surface area contributed by atoms with Crippen LogP contribution in [0, 0.1) is 5.92 Å². The molecular formula is C24H27N5O3. The Morgan fingerprint density at radius 3 is 2.59 bits per heavy atom. The van der Waals surface area contributed by atoms with Crippen LogP contribution in [0.5, 0.6) is 0 Å². The van der Waals surface area contributed by atoms with Gasteiger partial charge in [0, 0.05) is 31.6 Å². The van der Waals surface area contributed by atoms with Gasteiger partial charge < -0.3 is 10.6 Å². The van der Waals surface area contributed by atoms with Gasteiger partial charge in [-0.25, -0.2) is 14.7 Å². The molecule has 32 heavy (non-hydrogen) atoms. The Morgan fingerprint density at radius 1 is 1.09 bits per heavy atom. The maximum absolute atomic E-state index is 13.3. The molecule has 1 spiro atoms. The second-order valence-electron chi connectivity index (χ2n) is 8.93. The van der Waals surface area contributed by atoms with E-state index in [1.54, 1.807) is 18.3 Å². The molecule has 8 heteroatoms. The average molecular weight is 434 g/mol. The van der Waals surface area contributed by atoms with Gasteiger partial charge in [-0.1, -0.05) is 30.3 Å². The molecule has 0 bridgehead atoms. The summed E-state index contributed by atoms with van der Waals surface area (Å²) in [6.45, 7) is 1.59. The van der Waals surface area contributed by atoms with Crippen molar-refractivity contribution in [2.75, 3.05) is 25.1 Å². The number of carbonyl (C=O) groups excluding carboxylic acids is 3. The largest absolute Gasteiger partial charge is 0.326 e. The van der Waals surface area contributed by atoms with E-state index >= 15 is 0 Å². The van der Waals surface area contributed by atoms with Crippen LogP contribution in [-0.2, 0) is 22.4 Å². The predicted octanol–water partition coefficient (Wildman–Crippen LogP) is 2.17. The quantitative estimate of drug-likeness (QED) is 0.721. The van der Waals surface area contributed by atoms with Crippen molar-refractivity contribution in [3.05, 3.63) is 59.8 Å². The third-order valence-corrected chi connectivity index (χ3v) is 6.89. The van der Waals surface area contributed by atoms with Crippen LogP contribution in [0.4, 0.5) is 10.6 Å². The Morgan fingerprint density at radius 2 is 1.84 bits per heavy atom. The van der Waals surface area contributed by atoms with Crippen molar-refractivity contribution in [3.8, 4) is 0 Å². The number of benzene rings is 1. The summed E-state index contributed by atoms with van der Waals surface area (Å²) in [6, 6.07) is 13.2. The van der Waals surface area contributed by atoms with Crippen LogP contribution in [0.2, 0.25) is 0 Å². The molecule has 0 saturated carbocycles. The molecule has 8 nitrogen and oxygen atoms in total. The molecule has 2 N–H and O–H groups in total. The number of rotatable bonds is 4. The normalized spacial score (nSPS) is 23.8. The van der Waals surface area contributed by atoms with Crippen molar-refractivity contribution < 1.29 is 14.4 Å². The molecule has 1 atom stereocenters. The second kappa shape index (κ2) is 8.35. The number of pyridine rings is 1. The number of anilines is 1. The summed E-state index contributed by atoms with van der Waals surface area (Å²) in [5.74, 6) is 0.293. The summed E-state index contributed by atoms with van der Waals surface area (Å²) >= 11 is 0. The maximum atomic E-state index is 13.3. The number of aryl methyl sites for hydroxylation is 1. The highest BCUT2D eigenvalue weighted by molar-refractivity contribution is 6.07. The number of aromatic nitrogens is 1. The molecule has 2 saturated heterocycles. The lowest BCUT2D eigenvalue weighted by Gasteiger charge is -2.34. The monoisotopic (exact) mass is 433 g/mol. The minimum atomic E-state index is -0.827. The molecule has 1 aromatic heterocycles. The van der Waals surface area contributed by atoms with Gasteiger partial charge in [0.2, 0.25) is 5.91 Å². The van der Waals surface area contributed by atoms with Crippen LogP contribution in [0.25, 0.3) is 0 Å². The minimum absolute atomic E-state index is 0.0295. The maximum Gasteiger partial charge on any atom is 0.326 e. The zero-order valence-corrected chi connectivity index (χ0v) is 17.9. The van der Waals surface area contributed by atoms with Gasteiger partial charge in [0.05, 0.1) is 6.67 Å². The highest BCUT2D eigenvalue weighted by Gasteiger charge is 2.52. The lowest BCUT2D eigenvalue weighted by molar-refractivity contribution is -0.133. The number of fused-ring (bicyclic) bond motifs is 1. The number of carbonyl (C=O) groups is 3. The zero-order chi connectivity index (χ0) is 22.1. The molecule has 2 fully saturated rings. The fraction of sp³-hybridized carbons (Fsp3) is 0.417. The Bertz CT molecular complexity index is 1030. The van der Waals surface area contributed by atoms with Crippen molar-refractivity contribution >= 4 is 23.7 Å². The van der Waals surface area contributed by atoms with E-state index in [1.165, 1.54) is 10.5 Å². The molecule has 2 aliphatic heterocycles. The number of likely N-dealkylation sites (tertiary alicyclic amines) is 1. The number of piperidine rings is 1. The van der Waals surface area contributed by atoms with Gasteiger partial charge in [-0.3, -0.25) is 14.5 Å². The minimum Gasteiger partial charge on any atom is -0.323 e. The van der Waals surface area contributed by atoms with E-state index in [-0.39, 0.29) is 30.4 Å². The SMILES string of the molecule is O=C(Nc1ccccn1)C1CCN(CN2C(=O)NC3(CCc4ccccc4C3)C2=O)CC1. The molecule has 3 heterocycles. The first-order valence-corrected chi connectivity index (χ1v) is 11.2. The number of urea groups is 1. The van der Waals surface area contributed by atoms with E-state index in [1.807, 2.05) is 24.3 Å². The van der Waals surface area contributed by atoms with Crippen molar-refractivity contribution in [3.63, 3.8) is 0 Å². The van der Waals surface area contributed by atoms with Gasteiger partial charge in [0.1, 0.15) is 11.4 Å². The second-order valence-corrected chi connectivity index (χ2v) is 8.93. The van der Waals surface area contributed by atoms with Gasteiger partial charge in [-0.15, -0.1) is 0 Å². The van der Waals surface area contributed by atoms with E-state index < -0.39 is 5.54 Å². The molecule has 1 aromatic carbocycles. The van der Waals surface area contributed by atoms with Crippen molar-refractivity contribution in [1.82, 2.24) is 20.1 Å². The number of nitrogens with zero attached hydrogens (tertiary/aromatic N) is 3. The van der Waals surface area contributed by atoms with E-state index in [0.717, 1.165) is 12.0 Å². The molecular weight excluding hydrogens is 406 g/mol. The van der Waals surface area contributed by atoms with Gasteiger partial charge in [0.15, 0.2) is 0 Å². The molecule has 1 unspecified atom stereocenters. The fourth-order valence-corrected chi connectivity index (χ4v) is 5.03. The first kappa shape index (κ1) is 20.6. The highest BCUT2D eigenvalue weighted by atomic mass is 16.2. The van der Waals surface area contributed by atoms with E-state index in [2.05, 4.69) is 26.6 Å². The fourth-order valence-electron chi connectivity index (χ4n) is 5.03. The summed E-state index contributed by atoms with van der Waals surface area (Å²) in [7, 11) is 0. The van der Waals surface area contributed by atoms with Crippen molar-refractivity contribution in [2.24, 2.45) is 5.92 Å². The van der Waals surface area contributed by atoms with Crippen LogP contribution in [-0.4, -0.2) is 57.9 Å². The number of amides is 4. The van der Waals surface area contributed by atoms with Gasteiger partial charge in [-0.05, 0) is 48.9 Å². The summed E-state index contributed by atoms with van der Waals surface area (Å²) in [4.78, 5) is 46.1. The zero-order valence-electron chi connectivity index (χ0n) is 17.9. The number of nitrogens with one attached hydrogen (secondary N) is 2. The van der Waals surface area contributed by atoms with Crippen molar-refractivity contribution in [2.45, 2.75) is 37.6 Å². The third-order valence-electron chi connectivity index (χ3n) is 6.89. The first-order chi connectivity index (χ1) is 15.5. The molecule has 3 aliphatic rings. The summed E-state index contributed by atoms with van der Waals surface area (Å²) in [5.41, 5.74) is 1.56. The smallest absolute Gasteiger partial charge is 0.323 e. The summed E-state index contributed by atoms with van der Waals surface area (Å²) < 4.78 is 0. The molecule has 5 rings (SSSR count). The molecule has 4 amide bonds. The molecule has 0 radical (unpaired) electrons. The predicted molar refractivity (Wildman–Crippen MR) is 119 cm³/mol. The molecule has 1 aliphatic carbocycles. The standard InChI is InChI=1S/C24H27N5O3/c30-21(26-20-7-3-4-12-25-20)18-9-13-28(14-10-18)16-29-22(31)24(27-23(29)32)11-8-17-5-1-2-6-19(17)15-24/h1-7,12,18H,8-11,13-16H2,(H,27,32)(H,25,26,30). The number of hydrogen-bond donors (Lipinski definition) is 2. The highest BCUT2D eigenvalue weighted by Crippen LogP contribution is 2.34. The third kappa shape index (κ3) is 3.86. The van der Waals surface area contributed by atoms with Gasteiger partial charge in [0.25, 0.3) is 5.91 Å². The van der Waals surface area contributed by atoms with Gasteiger partial charge in [-0.2, -0.15) is 0 Å². The number of hydrogen-bond acceptors (Lipinski definition) is 5. The molecule has 2 aromatic rings. The van der Waals surface area contributed by atoms with Crippen LogP contribution in [0.3, 0.4) is 0 Å². The number of imide groups is 1. The Labute approximate surface area is 187 Å². The lowest BCUT2D eigenvalue weighted by Crippen LogP contribution is -2.52. The van der Waals surface area contributed by atoms with Crippen LogP contribution in [0.15, 0.2) is 48.7 Å². The van der Waals surface area contributed by atoms with E-state index in [4.69, 9.17) is 0 Å². The van der Waals surface area contributed by atoms with Crippen LogP contribution < -0.4 is 10.6 Å². The Hall–Kier alpha value is -3.26. The van der Waals surface area contributed by atoms with E-state index in [0.29, 0.717) is 44.6 Å². The summed E-state index contributed by atoms with van der Waals surface area (Å²) in [6.07, 6.45) is 4.96. The van der Waals surface area contributed by atoms with E-state index in [9.17, 15) is 14.4 Å². The average Bonchev–Trinajstić information content (AvgIpc) is 3.04. The lowest BCUT2D eigenvalue weighted by atomic mass is 9.78. The van der Waals surface area contributed by atoms with Gasteiger partial charge >= 0.3 is 6.03 Å². The molecule has 166 valence electrons. The summed E-state index contributed by atoms with van der Waals surface area (Å²) in [5, 5.41) is 5.86. The van der Waals surface area contributed by atoms with Crippen LogP contribution in [0.1, 0.15) is 30.4 Å². The van der Waals surface area contributed by atoms with Crippen LogP contribution >= 0.6 is 0 Å². The topological polar surface area (TPSA) is 94.6 Å². The Balaban J connectivity index is 1.17. The van der Waals surface area contributed by atoms with Crippen molar-refractivity contribution in [1.29, 1.82) is 0 Å². The Kier molecular flexibility index (Phi) is 5.38.